The molecule has 0 spiro atoms. The van der Waals surface area contributed by atoms with Gasteiger partial charge in [-0.3, -0.25) is 4.90 Å². The van der Waals surface area contributed by atoms with Crippen molar-refractivity contribution in [1.29, 1.82) is 0 Å². The van der Waals surface area contributed by atoms with Crippen molar-refractivity contribution in [2.24, 2.45) is 10.8 Å². The molecule has 1 heterocycles. The van der Waals surface area contributed by atoms with Gasteiger partial charge in [0.1, 0.15) is 0 Å². The minimum absolute atomic E-state index is 0.248. The lowest BCUT2D eigenvalue weighted by Gasteiger charge is -2.49. The third kappa shape index (κ3) is 7.28. The lowest BCUT2D eigenvalue weighted by atomic mass is 9.82. The van der Waals surface area contributed by atoms with E-state index in [-0.39, 0.29) is 11.1 Å². The highest BCUT2D eigenvalue weighted by molar-refractivity contribution is 6.99. The number of carbonyl (C=O) groups excluding carboxylic acids is 1. The fourth-order valence-electron chi connectivity index (χ4n) is 7.12. The summed E-state index contributed by atoms with van der Waals surface area (Å²) in [7, 11) is -2.98. The molecule has 240 valence electrons. The first-order valence-electron chi connectivity index (χ1n) is 16.1. The van der Waals surface area contributed by atoms with E-state index in [2.05, 4.69) is 111 Å². The van der Waals surface area contributed by atoms with Crippen molar-refractivity contribution in [3.05, 3.63) is 106 Å². The summed E-state index contributed by atoms with van der Waals surface area (Å²) in [5.41, 5.74) is 17.1. The Bertz CT molecular complexity index is 1420. The minimum atomic E-state index is -2.98. The molecule has 1 amide bonds. The lowest BCUT2D eigenvalue weighted by Crippen LogP contribution is -2.71. The molecule has 3 aromatic rings. The molecule has 1 fully saturated rings. The zero-order chi connectivity index (χ0) is 32.7. The van der Waals surface area contributed by atoms with Gasteiger partial charge in [-0.2, -0.15) is 0 Å². The van der Waals surface area contributed by atoms with Crippen molar-refractivity contribution in [3.63, 3.8) is 0 Å². The van der Waals surface area contributed by atoms with Gasteiger partial charge in [0.25, 0.3) is 8.32 Å². The maximum Gasteiger partial charge on any atom is 0.410 e. The number of unbranched alkanes of at least 4 members (excludes halogenated alkanes) is 1. The Hall–Kier alpha value is -3.62. The van der Waals surface area contributed by atoms with Gasteiger partial charge in [-0.1, -0.05) is 123 Å². The zero-order valence-corrected chi connectivity index (χ0v) is 28.6. The number of azide groups is 1. The average Bonchev–Trinajstić information content (AvgIpc) is 3.27. The third-order valence-corrected chi connectivity index (χ3v) is 14.2. The second-order valence-corrected chi connectivity index (χ2v) is 17.6. The molecule has 0 saturated carbocycles. The van der Waals surface area contributed by atoms with E-state index in [0.29, 0.717) is 38.8 Å². The summed E-state index contributed by atoms with van der Waals surface area (Å²) in [4.78, 5) is 18.4. The quantitative estimate of drug-likeness (QED) is 0.0689. The molecule has 2 N–H and O–H groups in total. The zero-order valence-electron chi connectivity index (χ0n) is 27.6. The lowest BCUT2D eigenvalue weighted by molar-refractivity contribution is -0.0573. The highest BCUT2D eigenvalue weighted by Gasteiger charge is 2.60. The molecule has 1 aliphatic heterocycles. The van der Waals surface area contributed by atoms with Crippen LogP contribution in [0.1, 0.15) is 65.0 Å². The molecule has 0 unspecified atom stereocenters. The number of hydrogen-bond donors (Lipinski definition) is 1. The van der Waals surface area contributed by atoms with E-state index in [1.54, 1.807) is 4.90 Å². The Kier molecular flexibility index (Phi) is 11.1. The summed E-state index contributed by atoms with van der Waals surface area (Å²) >= 11 is 0. The molecular weight excluding hydrogens is 579 g/mol. The number of hydrogen-bond acceptors (Lipinski definition) is 5. The van der Waals surface area contributed by atoms with Gasteiger partial charge in [0.2, 0.25) is 0 Å². The van der Waals surface area contributed by atoms with Gasteiger partial charge >= 0.3 is 6.09 Å². The normalized spacial score (nSPS) is 19.9. The summed E-state index contributed by atoms with van der Waals surface area (Å²) < 4.78 is 14.1. The van der Waals surface area contributed by atoms with Crippen molar-refractivity contribution in [3.8, 4) is 0 Å². The van der Waals surface area contributed by atoms with Crippen LogP contribution in [0.3, 0.4) is 0 Å². The van der Waals surface area contributed by atoms with E-state index >= 15 is 0 Å². The van der Waals surface area contributed by atoms with Gasteiger partial charge in [0, 0.05) is 24.0 Å². The summed E-state index contributed by atoms with van der Waals surface area (Å²) in [6, 6.07) is 28.6. The Balaban J connectivity index is 1.80. The molecule has 4 rings (SSSR count). The number of nitrogens with two attached hydrogens (primary N) is 1. The second-order valence-electron chi connectivity index (χ2n) is 13.4. The van der Waals surface area contributed by atoms with Crippen LogP contribution < -0.4 is 16.1 Å². The first kappa shape index (κ1) is 34.3. The van der Waals surface area contributed by atoms with Crippen LogP contribution in [0.5, 0.6) is 0 Å². The highest BCUT2D eigenvalue weighted by Crippen LogP contribution is 2.43. The fraction of sp³-hybridized carbons (Fsp3) is 0.472. The number of cyclic esters (lactones) is 1. The number of carbonyl (C=O) groups is 1. The molecule has 0 aliphatic carbocycles. The Morgan fingerprint density at radius 2 is 1.67 bits per heavy atom. The highest BCUT2D eigenvalue weighted by atomic mass is 28.4. The molecular formula is C36H49N5O3Si. The molecule has 0 radical (unpaired) electrons. The van der Waals surface area contributed by atoms with Gasteiger partial charge in [0.15, 0.2) is 5.60 Å². The van der Waals surface area contributed by atoms with E-state index in [0.717, 1.165) is 11.1 Å². The number of ether oxygens (including phenoxy) is 1. The maximum atomic E-state index is 13.8. The molecule has 0 bridgehead atoms. The first-order chi connectivity index (χ1) is 21.5. The monoisotopic (exact) mass is 627 g/mol. The van der Waals surface area contributed by atoms with E-state index in [4.69, 9.17) is 20.4 Å². The van der Waals surface area contributed by atoms with Crippen LogP contribution in [0.2, 0.25) is 5.04 Å². The molecule has 45 heavy (non-hydrogen) atoms. The van der Waals surface area contributed by atoms with Gasteiger partial charge in [-0.15, -0.1) is 0 Å². The van der Waals surface area contributed by atoms with Crippen LogP contribution >= 0.6 is 0 Å². The smallest absolute Gasteiger partial charge is 0.410 e. The summed E-state index contributed by atoms with van der Waals surface area (Å²) in [6.07, 6.45) is 1.74. The molecule has 0 aromatic heterocycles. The topological polar surface area (TPSA) is 114 Å². The first-order valence-corrected chi connectivity index (χ1v) is 18.0. The SMILES string of the molecule is CC[C@@H](O[Si](c1ccccc1)(c1ccccc1)C(C)(C)C)[C@@]1(C)OC(=O)N(CCCCN=[N+]=[N-])[C@@H]1[C@H](N)Cc1cccc(C)c1. The number of rotatable bonds is 14. The van der Waals surface area contributed by atoms with Gasteiger partial charge in [-0.05, 0) is 66.0 Å². The summed E-state index contributed by atoms with van der Waals surface area (Å²) in [6.45, 7) is 13.8. The van der Waals surface area contributed by atoms with E-state index in [9.17, 15) is 4.79 Å². The standard InChI is InChI=1S/C36H49N5O3Si/c1-7-32(44-45(35(3,4)5,29-19-10-8-11-20-29)30-21-12-9-13-22-30)36(6)33(31(37)26-28-18-16-17-27(2)25-28)41(34(42)43-36)24-15-14-23-39-40-38/h8-13,16-22,25,31-33H,7,14-15,23-24,26,37H2,1-6H3/t31-,32-,33-,36-/m1/s1. The van der Waals surface area contributed by atoms with E-state index in [1.165, 1.54) is 10.4 Å². The maximum absolute atomic E-state index is 13.8. The largest absolute Gasteiger partial charge is 0.438 e. The molecule has 3 aromatic carbocycles. The predicted octanol–water partition coefficient (Wildman–Crippen LogP) is 6.89. The summed E-state index contributed by atoms with van der Waals surface area (Å²) in [5.74, 6) is 0. The van der Waals surface area contributed by atoms with Crippen molar-refractivity contribution in [1.82, 2.24) is 4.90 Å². The van der Waals surface area contributed by atoms with Crippen LogP contribution in [0, 0.1) is 6.92 Å². The van der Waals surface area contributed by atoms with Crippen molar-refractivity contribution in [2.75, 3.05) is 13.1 Å². The molecule has 1 saturated heterocycles. The van der Waals surface area contributed by atoms with Crippen LogP contribution in [-0.4, -0.2) is 56.2 Å². The Labute approximate surface area is 269 Å². The van der Waals surface area contributed by atoms with Crippen molar-refractivity contribution in [2.45, 2.75) is 96.1 Å². The van der Waals surface area contributed by atoms with Crippen molar-refractivity contribution < 1.29 is 14.0 Å². The van der Waals surface area contributed by atoms with E-state index in [1.807, 2.05) is 25.1 Å². The number of nitrogens with zero attached hydrogens (tertiary/aromatic N) is 4. The van der Waals surface area contributed by atoms with Crippen LogP contribution in [0.25, 0.3) is 10.4 Å². The van der Waals surface area contributed by atoms with Crippen LogP contribution in [0.4, 0.5) is 4.79 Å². The second kappa shape index (κ2) is 14.6. The van der Waals surface area contributed by atoms with Gasteiger partial charge in [0.05, 0.1) is 12.1 Å². The molecule has 9 heteroatoms. The Morgan fingerprint density at radius 3 is 2.20 bits per heavy atom. The molecule has 1 aliphatic rings. The molecule has 8 nitrogen and oxygen atoms in total. The van der Waals surface area contributed by atoms with Gasteiger partial charge in [-0.25, -0.2) is 4.79 Å². The van der Waals surface area contributed by atoms with Crippen LogP contribution in [-0.2, 0) is 15.6 Å². The number of amides is 1. The molecule has 4 atom stereocenters. The average molecular weight is 628 g/mol. The minimum Gasteiger partial charge on any atom is -0.438 e. The number of benzene rings is 3. The van der Waals surface area contributed by atoms with Crippen LogP contribution in [0.15, 0.2) is 90.0 Å². The van der Waals surface area contributed by atoms with Gasteiger partial charge < -0.3 is 14.9 Å². The fourth-order valence-corrected chi connectivity index (χ4v) is 12.0. The Morgan fingerprint density at radius 1 is 1.04 bits per heavy atom. The van der Waals surface area contributed by atoms with E-state index < -0.39 is 32.1 Å². The van der Waals surface area contributed by atoms with Crippen molar-refractivity contribution >= 4 is 24.8 Å². The predicted molar refractivity (Wildman–Crippen MR) is 184 cm³/mol. The number of aryl methyl sites for hydroxylation is 1. The third-order valence-electron chi connectivity index (χ3n) is 9.14. The summed E-state index contributed by atoms with van der Waals surface area (Å²) in [5, 5.41) is 5.77.